The van der Waals surface area contributed by atoms with Gasteiger partial charge in [0.05, 0.1) is 18.2 Å². The molecule has 0 N–H and O–H groups in total. The van der Waals surface area contributed by atoms with Gasteiger partial charge in [-0.3, -0.25) is 0 Å². The van der Waals surface area contributed by atoms with Gasteiger partial charge >= 0.3 is 0 Å². The SMILES string of the molecule is Cc1sc(-c2cccc(Br)c2)nc1CC#N. The summed E-state index contributed by atoms with van der Waals surface area (Å²) in [6.07, 6.45) is 0.385. The van der Waals surface area contributed by atoms with Crippen molar-refractivity contribution < 1.29 is 0 Å². The molecule has 0 amide bonds. The van der Waals surface area contributed by atoms with Gasteiger partial charge in [-0.2, -0.15) is 5.26 Å². The average Bonchev–Trinajstić information content (AvgIpc) is 2.61. The zero-order valence-corrected chi connectivity index (χ0v) is 11.1. The standard InChI is InChI=1S/C12H9BrN2S/c1-8-11(5-6-14)15-12(16-8)9-3-2-4-10(13)7-9/h2-4,7H,5H2,1H3. The van der Waals surface area contributed by atoms with Crippen LogP contribution in [-0.4, -0.2) is 4.98 Å². The Kier molecular flexibility index (Phi) is 3.37. The number of aryl methyl sites for hydroxylation is 1. The van der Waals surface area contributed by atoms with E-state index in [1.165, 1.54) is 0 Å². The minimum Gasteiger partial charge on any atom is -0.240 e. The first-order valence-corrected chi connectivity index (χ1v) is 6.41. The summed E-state index contributed by atoms with van der Waals surface area (Å²) >= 11 is 5.07. The molecule has 0 atom stereocenters. The van der Waals surface area contributed by atoms with Gasteiger partial charge in [0.25, 0.3) is 0 Å². The predicted molar refractivity (Wildman–Crippen MR) is 69.3 cm³/mol. The monoisotopic (exact) mass is 292 g/mol. The van der Waals surface area contributed by atoms with E-state index < -0.39 is 0 Å². The molecule has 0 aliphatic carbocycles. The second-order valence-electron chi connectivity index (χ2n) is 3.37. The summed E-state index contributed by atoms with van der Waals surface area (Å²) in [5.41, 5.74) is 1.98. The van der Waals surface area contributed by atoms with Gasteiger partial charge in [-0.15, -0.1) is 11.3 Å². The summed E-state index contributed by atoms with van der Waals surface area (Å²) in [5, 5.41) is 9.65. The number of hydrogen-bond donors (Lipinski definition) is 0. The van der Waals surface area contributed by atoms with E-state index in [0.717, 1.165) is 25.6 Å². The minimum absolute atomic E-state index is 0.385. The zero-order valence-electron chi connectivity index (χ0n) is 8.70. The summed E-state index contributed by atoms with van der Waals surface area (Å²) in [5.74, 6) is 0. The predicted octanol–water partition coefficient (Wildman–Crippen LogP) is 3.95. The molecule has 80 valence electrons. The Bertz CT molecular complexity index is 554. The summed E-state index contributed by atoms with van der Waals surface area (Å²) in [6, 6.07) is 10.2. The topological polar surface area (TPSA) is 36.7 Å². The number of aromatic nitrogens is 1. The van der Waals surface area contributed by atoms with Crippen molar-refractivity contribution in [3.63, 3.8) is 0 Å². The number of hydrogen-bond acceptors (Lipinski definition) is 3. The van der Waals surface area contributed by atoms with Crippen LogP contribution < -0.4 is 0 Å². The molecule has 0 spiro atoms. The molecular weight excluding hydrogens is 284 g/mol. The first-order valence-electron chi connectivity index (χ1n) is 4.80. The van der Waals surface area contributed by atoms with Crippen LogP contribution in [0.25, 0.3) is 10.6 Å². The lowest BCUT2D eigenvalue weighted by molar-refractivity contribution is 1.13. The Balaban J connectivity index is 2.42. The van der Waals surface area contributed by atoms with Crippen molar-refractivity contribution in [1.82, 2.24) is 4.98 Å². The van der Waals surface area contributed by atoms with Crippen molar-refractivity contribution in [2.45, 2.75) is 13.3 Å². The maximum absolute atomic E-state index is 8.68. The molecule has 0 radical (unpaired) electrons. The van der Waals surface area contributed by atoms with Gasteiger partial charge in [-0.1, -0.05) is 28.1 Å². The maximum atomic E-state index is 8.68. The Morgan fingerprint density at radius 1 is 1.50 bits per heavy atom. The van der Waals surface area contributed by atoms with Crippen LogP contribution >= 0.6 is 27.3 Å². The Morgan fingerprint density at radius 3 is 3.00 bits per heavy atom. The molecule has 0 aliphatic rings. The highest BCUT2D eigenvalue weighted by atomic mass is 79.9. The summed E-state index contributed by atoms with van der Waals surface area (Å²) in [6.45, 7) is 2.01. The zero-order chi connectivity index (χ0) is 11.5. The number of benzene rings is 1. The third-order valence-corrected chi connectivity index (χ3v) is 3.77. The van der Waals surface area contributed by atoms with Gasteiger partial charge in [-0.25, -0.2) is 4.98 Å². The van der Waals surface area contributed by atoms with Crippen LogP contribution in [0.4, 0.5) is 0 Å². The highest BCUT2D eigenvalue weighted by molar-refractivity contribution is 9.10. The summed E-state index contributed by atoms with van der Waals surface area (Å²) in [7, 11) is 0. The quantitative estimate of drug-likeness (QED) is 0.840. The van der Waals surface area contributed by atoms with Crippen LogP contribution in [0.1, 0.15) is 10.6 Å². The number of rotatable bonds is 2. The highest BCUT2D eigenvalue weighted by Crippen LogP contribution is 2.29. The van der Waals surface area contributed by atoms with Gasteiger partial charge < -0.3 is 0 Å². The molecule has 0 aliphatic heterocycles. The van der Waals surface area contributed by atoms with Crippen molar-refractivity contribution in [2.24, 2.45) is 0 Å². The number of nitriles is 1. The molecule has 2 aromatic rings. The van der Waals surface area contributed by atoms with Crippen LogP contribution in [0.15, 0.2) is 28.7 Å². The van der Waals surface area contributed by atoms with Crippen LogP contribution in [0.3, 0.4) is 0 Å². The largest absolute Gasteiger partial charge is 0.240 e. The van der Waals surface area contributed by atoms with Crippen LogP contribution in [0, 0.1) is 18.3 Å². The smallest absolute Gasteiger partial charge is 0.123 e. The number of nitrogens with zero attached hydrogens (tertiary/aromatic N) is 2. The van der Waals surface area contributed by atoms with Crippen LogP contribution in [0.2, 0.25) is 0 Å². The molecule has 1 aromatic carbocycles. The van der Waals surface area contributed by atoms with E-state index in [1.54, 1.807) is 11.3 Å². The van der Waals surface area contributed by atoms with E-state index in [0.29, 0.717) is 6.42 Å². The maximum Gasteiger partial charge on any atom is 0.123 e. The molecule has 0 saturated carbocycles. The van der Waals surface area contributed by atoms with E-state index in [9.17, 15) is 0 Å². The number of halogens is 1. The fourth-order valence-electron chi connectivity index (χ4n) is 1.41. The lowest BCUT2D eigenvalue weighted by Gasteiger charge is -1.95. The molecular formula is C12H9BrN2S. The lowest BCUT2D eigenvalue weighted by Crippen LogP contribution is -1.84. The van der Waals surface area contributed by atoms with Crippen molar-refractivity contribution in [2.75, 3.05) is 0 Å². The fraction of sp³-hybridized carbons (Fsp3) is 0.167. The fourth-order valence-corrected chi connectivity index (χ4v) is 2.74. The third kappa shape index (κ3) is 2.31. The van der Waals surface area contributed by atoms with E-state index in [1.807, 2.05) is 31.2 Å². The number of thiazole rings is 1. The van der Waals surface area contributed by atoms with Gasteiger partial charge in [0.2, 0.25) is 0 Å². The molecule has 1 aromatic heterocycles. The highest BCUT2D eigenvalue weighted by Gasteiger charge is 2.08. The molecule has 4 heteroatoms. The normalized spacial score (nSPS) is 10.1. The molecule has 2 rings (SSSR count). The van der Waals surface area contributed by atoms with E-state index >= 15 is 0 Å². The van der Waals surface area contributed by atoms with Gasteiger partial charge in [0.1, 0.15) is 5.01 Å². The summed E-state index contributed by atoms with van der Waals surface area (Å²) < 4.78 is 1.04. The first-order chi connectivity index (χ1) is 7.70. The lowest BCUT2D eigenvalue weighted by atomic mass is 10.2. The minimum atomic E-state index is 0.385. The van der Waals surface area contributed by atoms with E-state index in [-0.39, 0.29) is 0 Å². The molecule has 0 unspecified atom stereocenters. The Morgan fingerprint density at radius 2 is 2.31 bits per heavy atom. The van der Waals surface area contributed by atoms with Gasteiger partial charge in [0.15, 0.2) is 0 Å². The van der Waals surface area contributed by atoms with Crippen LogP contribution in [0.5, 0.6) is 0 Å². The van der Waals surface area contributed by atoms with Gasteiger partial charge in [0, 0.05) is 14.9 Å². The van der Waals surface area contributed by atoms with Crippen molar-refractivity contribution in [3.8, 4) is 16.6 Å². The van der Waals surface area contributed by atoms with Crippen molar-refractivity contribution >= 4 is 27.3 Å². The second-order valence-corrected chi connectivity index (χ2v) is 5.49. The van der Waals surface area contributed by atoms with Crippen LogP contribution in [-0.2, 0) is 6.42 Å². The van der Waals surface area contributed by atoms with Crippen molar-refractivity contribution in [1.29, 1.82) is 5.26 Å². The Labute approximate surface area is 107 Å². The average molecular weight is 293 g/mol. The third-order valence-electron chi connectivity index (χ3n) is 2.21. The summed E-state index contributed by atoms with van der Waals surface area (Å²) in [4.78, 5) is 5.61. The molecule has 2 nitrogen and oxygen atoms in total. The van der Waals surface area contributed by atoms with E-state index in [2.05, 4.69) is 27.0 Å². The molecule has 0 bridgehead atoms. The molecule has 0 fully saturated rings. The molecule has 0 saturated heterocycles. The second kappa shape index (κ2) is 4.77. The first kappa shape index (κ1) is 11.3. The Hall–Kier alpha value is -1.18. The van der Waals surface area contributed by atoms with Gasteiger partial charge in [-0.05, 0) is 19.1 Å². The molecule has 1 heterocycles. The van der Waals surface area contributed by atoms with Crippen molar-refractivity contribution in [3.05, 3.63) is 39.3 Å². The van der Waals surface area contributed by atoms with E-state index in [4.69, 9.17) is 5.26 Å². The molecule has 16 heavy (non-hydrogen) atoms.